The summed E-state index contributed by atoms with van der Waals surface area (Å²) in [4.78, 5) is 24.8. The lowest BCUT2D eigenvalue weighted by molar-refractivity contribution is -0.168. The van der Waals surface area contributed by atoms with Gasteiger partial charge >= 0.3 is 11.9 Å². The van der Waals surface area contributed by atoms with Gasteiger partial charge in [-0.05, 0) is 19.3 Å². The van der Waals surface area contributed by atoms with Crippen LogP contribution in [0.1, 0.15) is 162 Å². The number of esters is 2. The fourth-order valence-corrected chi connectivity index (χ4v) is 4.40. The summed E-state index contributed by atoms with van der Waals surface area (Å²) in [6, 6.07) is 0. The Morgan fingerprint density at radius 2 is 0.778 bits per heavy atom. The van der Waals surface area contributed by atoms with E-state index in [1.807, 2.05) is 0 Å². The average Bonchev–Trinajstić information content (AvgIpc) is 2.89. The Balaban J connectivity index is 3.76. The third-order valence-electron chi connectivity index (χ3n) is 7.03. The largest absolute Gasteiger partial charge is 0.465 e. The van der Waals surface area contributed by atoms with Crippen molar-refractivity contribution in [3.8, 4) is 0 Å². The molecule has 0 aromatic heterocycles. The SMILES string of the molecule is [C]C(C[CH2])(C(=O)OCCCCCCCCCCCCC)C(=O)OCCCCCCCCCCCCC. The zero-order valence-electron chi connectivity index (χ0n) is 24.0. The molecule has 0 aliphatic heterocycles. The number of hydrogen-bond donors (Lipinski definition) is 0. The molecule has 0 saturated heterocycles. The fraction of sp³-hybridized carbons (Fsp3) is 0.875. The van der Waals surface area contributed by atoms with E-state index in [4.69, 9.17) is 16.4 Å². The molecule has 0 bridgehead atoms. The van der Waals surface area contributed by atoms with E-state index in [-0.39, 0.29) is 19.6 Å². The van der Waals surface area contributed by atoms with Gasteiger partial charge in [0, 0.05) is 6.92 Å². The van der Waals surface area contributed by atoms with E-state index < -0.39 is 17.4 Å². The van der Waals surface area contributed by atoms with Gasteiger partial charge in [-0.1, -0.05) is 149 Å². The van der Waals surface area contributed by atoms with Crippen molar-refractivity contribution < 1.29 is 19.1 Å². The summed E-state index contributed by atoms with van der Waals surface area (Å²) in [5, 5.41) is 0. The van der Waals surface area contributed by atoms with Gasteiger partial charge in [0.2, 0.25) is 0 Å². The number of hydrogen-bond acceptors (Lipinski definition) is 4. The second kappa shape index (κ2) is 25.6. The molecular weight excluding hydrogens is 448 g/mol. The molecule has 0 amide bonds. The summed E-state index contributed by atoms with van der Waals surface area (Å²) in [5.74, 6) is -1.65. The molecule has 0 heterocycles. The maximum Gasteiger partial charge on any atom is 0.324 e. The van der Waals surface area contributed by atoms with Crippen LogP contribution in [0.25, 0.3) is 0 Å². The quantitative estimate of drug-likeness (QED) is 0.0632. The molecule has 36 heavy (non-hydrogen) atoms. The summed E-state index contributed by atoms with van der Waals surface area (Å²) in [6.45, 7) is 16.9. The lowest BCUT2D eigenvalue weighted by Crippen LogP contribution is -2.39. The molecule has 0 aromatic rings. The molecule has 0 spiro atoms. The highest BCUT2D eigenvalue weighted by atomic mass is 16.6. The van der Waals surface area contributed by atoms with Crippen molar-refractivity contribution in [2.45, 2.75) is 162 Å². The van der Waals surface area contributed by atoms with E-state index in [2.05, 4.69) is 20.8 Å². The monoisotopic (exact) mass is 506 g/mol. The summed E-state index contributed by atoms with van der Waals surface area (Å²) < 4.78 is 10.5. The van der Waals surface area contributed by atoms with Crippen molar-refractivity contribution in [3.05, 3.63) is 13.8 Å². The van der Waals surface area contributed by atoms with Crippen LogP contribution in [0, 0.1) is 19.3 Å². The van der Waals surface area contributed by atoms with Crippen molar-refractivity contribution in [2.75, 3.05) is 13.2 Å². The predicted molar refractivity (Wildman–Crippen MR) is 150 cm³/mol. The molecular formula is C32H58O4. The maximum absolute atomic E-state index is 12.4. The summed E-state index contributed by atoms with van der Waals surface area (Å²) in [6.07, 6.45) is 26.6. The number of carbonyl (C=O) groups excluding carboxylic acids is 2. The smallest absolute Gasteiger partial charge is 0.324 e. The van der Waals surface area contributed by atoms with Crippen molar-refractivity contribution in [2.24, 2.45) is 5.41 Å². The molecule has 0 saturated carbocycles. The van der Waals surface area contributed by atoms with Crippen molar-refractivity contribution >= 4 is 11.9 Å². The molecule has 4 radical (unpaired) electrons. The molecule has 4 heteroatoms. The number of rotatable bonds is 27. The zero-order chi connectivity index (χ0) is 26.7. The van der Waals surface area contributed by atoms with Gasteiger partial charge in [0.15, 0.2) is 5.41 Å². The van der Waals surface area contributed by atoms with Gasteiger partial charge in [0.05, 0.1) is 13.2 Å². The van der Waals surface area contributed by atoms with Crippen LogP contribution in [0.4, 0.5) is 0 Å². The first-order valence-electron chi connectivity index (χ1n) is 15.4. The van der Waals surface area contributed by atoms with Crippen molar-refractivity contribution in [1.29, 1.82) is 0 Å². The average molecular weight is 507 g/mol. The van der Waals surface area contributed by atoms with Gasteiger partial charge in [0.1, 0.15) is 0 Å². The third-order valence-corrected chi connectivity index (χ3v) is 7.03. The van der Waals surface area contributed by atoms with Crippen LogP contribution >= 0.6 is 0 Å². The molecule has 0 rings (SSSR count). The fourth-order valence-electron chi connectivity index (χ4n) is 4.40. The number of carbonyl (C=O) groups is 2. The van der Waals surface area contributed by atoms with E-state index in [0.717, 1.165) is 38.5 Å². The van der Waals surface area contributed by atoms with E-state index in [0.29, 0.717) is 0 Å². The molecule has 4 nitrogen and oxygen atoms in total. The highest BCUT2D eigenvalue weighted by Gasteiger charge is 2.43. The summed E-state index contributed by atoms with van der Waals surface area (Å²) in [5.41, 5.74) is -2.05. The van der Waals surface area contributed by atoms with Crippen LogP contribution in [0.5, 0.6) is 0 Å². The topological polar surface area (TPSA) is 52.6 Å². The van der Waals surface area contributed by atoms with Gasteiger partial charge < -0.3 is 9.47 Å². The Hall–Kier alpha value is -1.06. The van der Waals surface area contributed by atoms with Gasteiger partial charge in [-0.3, -0.25) is 9.59 Å². The molecule has 0 N–H and O–H groups in total. The van der Waals surface area contributed by atoms with Crippen LogP contribution in [0.15, 0.2) is 0 Å². The third kappa shape index (κ3) is 19.1. The van der Waals surface area contributed by atoms with Crippen LogP contribution in [-0.4, -0.2) is 25.2 Å². The first-order chi connectivity index (χ1) is 17.5. The lowest BCUT2D eigenvalue weighted by Gasteiger charge is -2.23. The van der Waals surface area contributed by atoms with Crippen LogP contribution in [-0.2, 0) is 19.1 Å². The molecule has 0 aromatic carbocycles. The Labute approximate surface area is 225 Å². The number of ether oxygens (including phenoxy) is 2. The Bertz CT molecular complexity index is 462. The van der Waals surface area contributed by atoms with Crippen molar-refractivity contribution in [1.82, 2.24) is 0 Å². The minimum Gasteiger partial charge on any atom is -0.465 e. The first-order valence-corrected chi connectivity index (χ1v) is 15.4. The van der Waals surface area contributed by atoms with Gasteiger partial charge in [-0.25, -0.2) is 0 Å². The zero-order valence-corrected chi connectivity index (χ0v) is 24.0. The molecule has 0 aliphatic carbocycles. The highest BCUT2D eigenvalue weighted by Crippen LogP contribution is 2.25. The van der Waals surface area contributed by atoms with Crippen LogP contribution < -0.4 is 0 Å². The highest BCUT2D eigenvalue weighted by molar-refractivity contribution is 6.01. The molecule has 210 valence electrons. The minimum absolute atomic E-state index is 0.179. The van der Waals surface area contributed by atoms with Gasteiger partial charge in [-0.2, -0.15) is 0 Å². The standard InChI is InChI=1S/C32H58O4/c1-5-8-10-12-14-16-18-20-22-24-26-28-35-30(33)32(4,7-3)31(34)36-29-27-25-23-21-19-17-15-13-11-9-6-2/h3,5-29H2,1-2H3. The summed E-state index contributed by atoms with van der Waals surface area (Å²) >= 11 is 0. The molecule has 0 atom stereocenters. The van der Waals surface area contributed by atoms with Crippen molar-refractivity contribution in [3.63, 3.8) is 0 Å². The second-order valence-corrected chi connectivity index (χ2v) is 10.5. The van der Waals surface area contributed by atoms with E-state index in [9.17, 15) is 9.59 Å². The predicted octanol–water partition coefficient (Wildman–Crippen LogP) is 9.49. The Morgan fingerprint density at radius 1 is 0.528 bits per heavy atom. The van der Waals surface area contributed by atoms with E-state index in [1.165, 1.54) is 103 Å². The lowest BCUT2D eigenvalue weighted by atomic mass is 9.88. The summed E-state index contributed by atoms with van der Waals surface area (Å²) in [7, 11) is 0. The normalized spacial score (nSPS) is 11.6. The molecule has 0 fully saturated rings. The Kier molecular flexibility index (Phi) is 24.8. The first kappa shape index (κ1) is 34.9. The second-order valence-electron chi connectivity index (χ2n) is 10.5. The van der Waals surface area contributed by atoms with E-state index >= 15 is 0 Å². The minimum atomic E-state index is -2.05. The maximum atomic E-state index is 12.4. The van der Waals surface area contributed by atoms with Gasteiger partial charge in [-0.15, -0.1) is 0 Å². The van der Waals surface area contributed by atoms with E-state index in [1.54, 1.807) is 0 Å². The number of unbranched alkanes of at least 4 members (excludes halogenated alkanes) is 20. The Morgan fingerprint density at radius 3 is 1.03 bits per heavy atom. The van der Waals surface area contributed by atoms with Crippen LogP contribution in [0.2, 0.25) is 0 Å². The molecule has 0 aliphatic rings. The van der Waals surface area contributed by atoms with Gasteiger partial charge in [0.25, 0.3) is 0 Å². The van der Waals surface area contributed by atoms with Crippen LogP contribution in [0.3, 0.4) is 0 Å². The molecule has 0 unspecified atom stereocenters.